The number of amides is 2. The van der Waals surface area contributed by atoms with E-state index in [2.05, 4.69) is 10.6 Å². The first-order chi connectivity index (χ1) is 7.10. The van der Waals surface area contributed by atoms with Gasteiger partial charge < -0.3 is 16.4 Å². The highest BCUT2D eigenvalue weighted by molar-refractivity contribution is 5.86. The molecule has 2 amide bonds. The zero-order chi connectivity index (χ0) is 13.0. The fourth-order valence-electron chi connectivity index (χ4n) is 1.47. The average Bonchev–Trinajstić information content (AvgIpc) is 1.99. The Kier molecular flexibility index (Phi) is 4.93. The molecule has 0 aromatic carbocycles. The minimum Gasteiger partial charge on any atom is -0.370 e. The molecule has 0 rings (SSSR count). The van der Waals surface area contributed by atoms with Crippen LogP contribution < -0.4 is 16.4 Å². The van der Waals surface area contributed by atoms with Gasteiger partial charge in [0, 0.05) is 12.0 Å². The van der Waals surface area contributed by atoms with E-state index in [1.165, 1.54) is 0 Å². The highest BCUT2D eigenvalue weighted by Gasteiger charge is 2.31. The summed E-state index contributed by atoms with van der Waals surface area (Å²) in [6.45, 7) is 9.79. The Balaban J connectivity index is 4.49. The van der Waals surface area contributed by atoms with Crippen LogP contribution in [0.25, 0.3) is 0 Å². The molecule has 5 nitrogen and oxygen atoms in total. The molecule has 0 spiro atoms. The Morgan fingerprint density at radius 2 is 1.69 bits per heavy atom. The van der Waals surface area contributed by atoms with Crippen molar-refractivity contribution in [3.63, 3.8) is 0 Å². The maximum absolute atomic E-state index is 11.9. The molecule has 0 heterocycles. The van der Waals surface area contributed by atoms with Gasteiger partial charge in [-0.15, -0.1) is 0 Å². The van der Waals surface area contributed by atoms with Gasteiger partial charge in [0.1, 0.15) is 0 Å². The fourth-order valence-corrected chi connectivity index (χ4v) is 1.47. The van der Waals surface area contributed by atoms with Gasteiger partial charge in [-0.1, -0.05) is 6.92 Å². The summed E-state index contributed by atoms with van der Waals surface area (Å²) >= 11 is 0. The smallest absolute Gasteiger partial charge is 0.240 e. The summed E-state index contributed by atoms with van der Waals surface area (Å²) in [7, 11) is 0. The molecule has 0 saturated heterocycles. The third-order valence-corrected chi connectivity index (χ3v) is 2.25. The zero-order valence-corrected chi connectivity index (χ0v) is 10.8. The molecule has 0 bridgehead atoms. The van der Waals surface area contributed by atoms with E-state index in [1.807, 2.05) is 6.92 Å². The zero-order valence-electron chi connectivity index (χ0n) is 10.8. The molecule has 0 unspecified atom stereocenters. The van der Waals surface area contributed by atoms with E-state index in [4.69, 9.17) is 5.73 Å². The molecule has 5 heteroatoms. The lowest BCUT2D eigenvalue weighted by atomic mass is 9.96. The second-order valence-electron chi connectivity index (χ2n) is 5.14. The standard InChI is InChI=1S/C11H23N3O2/c1-6-13-11(4,5)9(16)14-10(2,3)7-8(12)15/h13H,6-7H2,1-5H3,(H2,12,15)(H,14,16). The van der Waals surface area contributed by atoms with Crippen LogP contribution in [0.15, 0.2) is 0 Å². The van der Waals surface area contributed by atoms with Crippen LogP contribution in [0.3, 0.4) is 0 Å². The van der Waals surface area contributed by atoms with Gasteiger partial charge in [0.15, 0.2) is 0 Å². The van der Waals surface area contributed by atoms with Crippen molar-refractivity contribution in [2.45, 2.75) is 52.1 Å². The predicted octanol–water partition coefficient (Wildman–Crippen LogP) is 0.145. The normalized spacial score (nSPS) is 12.3. The Hall–Kier alpha value is -1.10. The molecule has 0 aliphatic heterocycles. The maximum Gasteiger partial charge on any atom is 0.240 e. The summed E-state index contributed by atoms with van der Waals surface area (Å²) in [4.78, 5) is 22.8. The molecule has 0 aromatic heterocycles. The van der Waals surface area contributed by atoms with Gasteiger partial charge in [0.25, 0.3) is 0 Å². The third-order valence-electron chi connectivity index (χ3n) is 2.25. The second kappa shape index (κ2) is 5.30. The van der Waals surface area contributed by atoms with E-state index in [-0.39, 0.29) is 12.3 Å². The van der Waals surface area contributed by atoms with Crippen molar-refractivity contribution in [1.29, 1.82) is 0 Å². The van der Waals surface area contributed by atoms with Gasteiger partial charge in [-0.05, 0) is 34.2 Å². The molecule has 0 aliphatic carbocycles. The molecule has 0 fully saturated rings. The molecule has 0 radical (unpaired) electrons. The van der Waals surface area contributed by atoms with E-state index < -0.39 is 17.0 Å². The molecule has 0 aromatic rings. The summed E-state index contributed by atoms with van der Waals surface area (Å²) in [5, 5.41) is 5.88. The molecule has 4 N–H and O–H groups in total. The first kappa shape index (κ1) is 14.9. The van der Waals surface area contributed by atoms with Crippen LogP contribution in [0.1, 0.15) is 41.0 Å². The number of likely N-dealkylation sites (N-methyl/N-ethyl adjacent to an activating group) is 1. The third kappa shape index (κ3) is 5.11. The molecule has 0 atom stereocenters. The lowest BCUT2D eigenvalue weighted by molar-refractivity contribution is -0.128. The molecule has 0 aliphatic rings. The summed E-state index contributed by atoms with van der Waals surface area (Å²) in [6, 6.07) is 0. The molecular formula is C11H23N3O2. The lowest BCUT2D eigenvalue weighted by Crippen LogP contribution is -2.58. The van der Waals surface area contributed by atoms with Crippen molar-refractivity contribution < 1.29 is 9.59 Å². The number of nitrogens with two attached hydrogens (primary N) is 1. The van der Waals surface area contributed by atoms with Crippen molar-refractivity contribution in [1.82, 2.24) is 10.6 Å². The first-order valence-electron chi connectivity index (χ1n) is 5.46. The number of hydrogen-bond donors (Lipinski definition) is 3. The summed E-state index contributed by atoms with van der Waals surface area (Å²) in [5.74, 6) is -0.563. The number of carbonyl (C=O) groups is 2. The SMILES string of the molecule is CCNC(C)(C)C(=O)NC(C)(C)CC(N)=O. The molecule has 0 saturated carbocycles. The quantitative estimate of drug-likeness (QED) is 0.606. The van der Waals surface area contributed by atoms with Gasteiger partial charge in [-0.3, -0.25) is 9.59 Å². The van der Waals surface area contributed by atoms with E-state index in [0.29, 0.717) is 6.54 Å². The topological polar surface area (TPSA) is 84.2 Å². The summed E-state index contributed by atoms with van der Waals surface area (Å²) < 4.78 is 0. The summed E-state index contributed by atoms with van der Waals surface area (Å²) in [6.07, 6.45) is 0.126. The largest absolute Gasteiger partial charge is 0.370 e. The van der Waals surface area contributed by atoms with Crippen molar-refractivity contribution in [3.05, 3.63) is 0 Å². The summed E-state index contributed by atoms with van der Waals surface area (Å²) in [5.41, 5.74) is 3.85. The molecule has 16 heavy (non-hydrogen) atoms. The average molecular weight is 229 g/mol. The Labute approximate surface area is 97.2 Å². The Morgan fingerprint density at radius 1 is 1.19 bits per heavy atom. The Bertz CT molecular complexity index is 272. The van der Waals surface area contributed by atoms with Crippen LogP contribution in [0.4, 0.5) is 0 Å². The van der Waals surface area contributed by atoms with Crippen molar-refractivity contribution >= 4 is 11.8 Å². The van der Waals surface area contributed by atoms with Gasteiger partial charge in [0.2, 0.25) is 11.8 Å². The number of nitrogens with one attached hydrogen (secondary N) is 2. The van der Waals surface area contributed by atoms with Crippen LogP contribution in [0, 0.1) is 0 Å². The van der Waals surface area contributed by atoms with Crippen LogP contribution >= 0.6 is 0 Å². The van der Waals surface area contributed by atoms with Crippen LogP contribution in [-0.2, 0) is 9.59 Å². The van der Waals surface area contributed by atoms with Crippen LogP contribution in [0.2, 0.25) is 0 Å². The maximum atomic E-state index is 11.9. The lowest BCUT2D eigenvalue weighted by Gasteiger charge is -2.31. The minimum atomic E-state index is -0.649. The van der Waals surface area contributed by atoms with E-state index >= 15 is 0 Å². The van der Waals surface area contributed by atoms with Crippen molar-refractivity contribution in [2.24, 2.45) is 5.73 Å². The molecular weight excluding hydrogens is 206 g/mol. The number of rotatable bonds is 6. The van der Waals surface area contributed by atoms with Crippen LogP contribution in [0.5, 0.6) is 0 Å². The second-order valence-corrected chi connectivity index (χ2v) is 5.14. The first-order valence-corrected chi connectivity index (χ1v) is 5.46. The predicted molar refractivity (Wildman–Crippen MR) is 63.8 cm³/mol. The van der Waals surface area contributed by atoms with Crippen molar-refractivity contribution in [2.75, 3.05) is 6.54 Å². The molecule has 94 valence electrons. The van der Waals surface area contributed by atoms with Gasteiger partial charge in [-0.25, -0.2) is 0 Å². The number of primary amides is 1. The number of carbonyl (C=O) groups excluding carboxylic acids is 2. The van der Waals surface area contributed by atoms with Gasteiger partial charge >= 0.3 is 0 Å². The highest BCUT2D eigenvalue weighted by atomic mass is 16.2. The Morgan fingerprint density at radius 3 is 2.06 bits per heavy atom. The van der Waals surface area contributed by atoms with E-state index in [0.717, 1.165) is 0 Å². The minimum absolute atomic E-state index is 0.126. The van der Waals surface area contributed by atoms with E-state index in [9.17, 15) is 9.59 Å². The monoisotopic (exact) mass is 229 g/mol. The highest BCUT2D eigenvalue weighted by Crippen LogP contribution is 2.11. The van der Waals surface area contributed by atoms with E-state index in [1.54, 1.807) is 27.7 Å². The van der Waals surface area contributed by atoms with Crippen LogP contribution in [-0.4, -0.2) is 29.4 Å². The van der Waals surface area contributed by atoms with Gasteiger partial charge in [-0.2, -0.15) is 0 Å². The van der Waals surface area contributed by atoms with Crippen molar-refractivity contribution in [3.8, 4) is 0 Å². The number of hydrogen-bond acceptors (Lipinski definition) is 3. The fraction of sp³-hybridized carbons (Fsp3) is 0.818. The van der Waals surface area contributed by atoms with Gasteiger partial charge in [0.05, 0.1) is 5.54 Å².